The molecule has 1 heterocycles. The van der Waals surface area contributed by atoms with Gasteiger partial charge in [-0.1, -0.05) is 24.3 Å². The number of anilines is 2. The molecule has 4 heteroatoms. The number of nitrogens with two attached hydrogens (primary N) is 1. The van der Waals surface area contributed by atoms with Crippen LogP contribution in [0.2, 0.25) is 0 Å². The molecule has 0 spiro atoms. The van der Waals surface area contributed by atoms with E-state index in [1.807, 2.05) is 24.3 Å². The molecule has 0 amide bonds. The summed E-state index contributed by atoms with van der Waals surface area (Å²) in [5, 5.41) is 0. The fourth-order valence-electron chi connectivity index (χ4n) is 3.36. The summed E-state index contributed by atoms with van der Waals surface area (Å²) in [6, 6.07) is 16.5. The standard InChI is InChI=1S/C20H27N3O/c1-24-20-10-3-2-9-19(20)23-14-12-22(13-15-23)11-5-7-17-6-4-8-18(21)16-17/h2-4,6,8-10,16H,5,7,11-15,21H2,1H3. The molecule has 0 aliphatic carbocycles. The van der Waals surface area contributed by atoms with Gasteiger partial charge in [-0.15, -0.1) is 0 Å². The number of nitrogen functional groups attached to an aromatic ring is 1. The molecule has 0 radical (unpaired) electrons. The average Bonchev–Trinajstić information content (AvgIpc) is 2.62. The van der Waals surface area contributed by atoms with Gasteiger partial charge in [0.25, 0.3) is 0 Å². The third kappa shape index (κ3) is 4.20. The van der Waals surface area contributed by atoms with Crippen molar-refractivity contribution in [3.63, 3.8) is 0 Å². The van der Waals surface area contributed by atoms with Gasteiger partial charge in [0.15, 0.2) is 0 Å². The Morgan fingerprint density at radius 1 is 1.00 bits per heavy atom. The first-order valence-electron chi connectivity index (χ1n) is 8.71. The summed E-state index contributed by atoms with van der Waals surface area (Å²) < 4.78 is 5.48. The number of hydrogen-bond donors (Lipinski definition) is 1. The largest absolute Gasteiger partial charge is 0.495 e. The average molecular weight is 325 g/mol. The molecule has 0 atom stereocenters. The maximum atomic E-state index is 5.84. The van der Waals surface area contributed by atoms with E-state index in [1.54, 1.807) is 7.11 Å². The number of para-hydroxylation sites is 2. The number of aryl methyl sites for hydroxylation is 1. The zero-order chi connectivity index (χ0) is 16.8. The lowest BCUT2D eigenvalue weighted by Gasteiger charge is -2.36. The summed E-state index contributed by atoms with van der Waals surface area (Å²) in [4.78, 5) is 4.98. The normalized spacial score (nSPS) is 15.5. The van der Waals surface area contributed by atoms with Gasteiger partial charge in [-0.2, -0.15) is 0 Å². The summed E-state index contributed by atoms with van der Waals surface area (Å²) in [6.07, 6.45) is 2.27. The minimum absolute atomic E-state index is 0.859. The van der Waals surface area contributed by atoms with Crippen LogP contribution in [0.4, 0.5) is 11.4 Å². The van der Waals surface area contributed by atoms with Gasteiger partial charge < -0.3 is 15.4 Å². The number of nitrogens with zero attached hydrogens (tertiary/aromatic N) is 2. The highest BCUT2D eigenvalue weighted by molar-refractivity contribution is 5.58. The second-order valence-corrected chi connectivity index (χ2v) is 6.35. The van der Waals surface area contributed by atoms with Gasteiger partial charge in [0.2, 0.25) is 0 Å². The molecule has 24 heavy (non-hydrogen) atoms. The highest BCUT2D eigenvalue weighted by Gasteiger charge is 2.18. The van der Waals surface area contributed by atoms with Crippen LogP contribution in [0, 0.1) is 0 Å². The summed E-state index contributed by atoms with van der Waals surface area (Å²) >= 11 is 0. The topological polar surface area (TPSA) is 41.7 Å². The number of rotatable bonds is 6. The van der Waals surface area contributed by atoms with Crippen molar-refractivity contribution in [3.05, 3.63) is 54.1 Å². The molecule has 1 aliphatic heterocycles. The first kappa shape index (κ1) is 16.7. The number of methoxy groups -OCH3 is 1. The molecule has 4 nitrogen and oxygen atoms in total. The third-order valence-electron chi connectivity index (χ3n) is 4.69. The molecular weight excluding hydrogens is 298 g/mol. The molecule has 2 N–H and O–H groups in total. The molecule has 0 aromatic heterocycles. The smallest absolute Gasteiger partial charge is 0.142 e. The fraction of sp³-hybridized carbons (Fsp3) is 0.400. The fourth-order valence-corrected chi connectivity index (χ4v) is 3.36. The van der Waals surface area contributed by atoms with Crippen molar-refractivity contribution in [1.82, 2.24) is 4.90 Å². The van der Waals surface area contributed by atoms with E-state index in [2.05, 4.69) is 34.1 Å². The Hall–Kier alpha value is -2.20. The minimum Gasteiger partial charge on any atom is -0.495 e. The van der Waals surface area contributed by atoms with Crippen molar-refractivity contribution in [3.8, 4) is 5.75 Å². The highest BCUT2D eigenvalue weighted by atomic mass is 16.5. The van der Waals surface area contributed by atoms with Gasteiger partial charge in [-0.3, -0.25) is 4.90 Å². The third-order valence-corrected chi connectivity index (χ3v) is 4.69. The Labute approximate surface area is 144 Å². The second kappa shape index (κ2) is 8.06. The molecule has 128 valence electrons. The van der Waals surface area contributed by atoms with Gasteiger partial charge in [0.05, 0.1) is 12.8 Å². The molecule has 2 aromatic rings. The van der Waals surface area contributed by atoms with Gasteiger partial charge in [0.1, 0.15) is 5.75 Å². The van der Waals surface area contributed by atoms with E-state index in [0.29, 0.717) is 0 Å². The monoisotopic (exact) mass is 325 g/mol. The molecule has 0 unspecified atom stereocenters. The lowest BCUT2D eigenvalue weighted by Crippen LogP contribution is -2.46. The van der Waals surface area contributed by atoms with Crippen molar-refractivity contribution >= 4 is 11.4 Å². The van der Waals surface area contributed by atoms with Gasteiger partial charge in [-0.25, -0.2) is 0 Å². The van der Waals surface area contributed by atoms with Crippen LogP contribution in [0.25, 0.3) is 0 Å². The Bertz CT molecular complexity index is 651. The van der Waals surface area contributed by atoms with E-state index in [4.69, 9.17) is 10.5 Å². The Balaban J connectivity index is 1.45. The van der Waals surface area contributed by atoms with Crippen LogP contribution in [0.3, 0.4) is 0 Å². The van der Waals surface area contributed by atoms with E-state index in [-0.39, 0.29) is 0 Å². The molecule has 0 saturated carbocycles. The quantitative estimate of drug-likeness (QED) is 0.829. The summed E-state index contributed by atoms with van der Waals surface area (Å²) in [5.41, 5.74) is 9.24. The van der Waals surface area contributed by atoms with Crippen LogP contribution in [0.5, 0.6) is 5.75 Å². The maximum absolute atomic E-state index is 5.84. The van der Waals surface area contributed by atoms with Crippen molar-refractivity contribution in [2.75, 3.05) is 50.5 Å². The lowest BCUT2D eigenvalue weighted by molar-refractivity contribution is 0.254. The molecule has 2 aromatic carbocycles. The highest BCUT2D eigenvalue weighted by Crippen LogP contribution is 2.28. The summed E-state index contributed by atoms with van der Waals surface area (Å²) in [6.45, 7) is 5.47. The van der Waals surface area contributed by atoms with E-state index in [9.17, 15) is 0 Å². The lowest BCUT2D eigenvalue weighted by atomic mass is 10.1. The Morgan fingerprint density at radius 3 is 2.54 bits per heavy atom. The number of hydrogen-bond acceptors (Lipinski definition) is 4. The number of piperazine rings is 1. The van der Waals surface area contributed by atoms with E-state index < -0.39 is 0 Å². The molecule has 1 saturated heterocycles. The number of ether oxygens (including phenoxy) is 1. The van der Waals surface area contributed by atoms with E-state index >= 15 is 0 Å². The molecule has 0 bridgehead atoms. The van der Waals surface area contributed by atoms with E-state index in [1.165, 1.54) is 17.7 Å². The van der Waals surface area contributed by atoms with Crippen LogP contribution in [0.15, 0.2) is 48.5 Å². The zero-order valence-corrected chi connectivity index (χ0v) is 14.4. The van der Waals surface area contributed by atoms with Crippen LogP contribution in [0.1, 0.15) is 12.0 Å². The zero-order valence-electron chi connectivity index (χ0n) is 14.4. The molecule has 1 aliphatic rings. The van der Waals surface area contributed by atoms with Gasteiger partial charge in [-0.05, 0) is 49.2 Å². The molecular formula is C20H27N3O. The second-order valence-electron chi connectivity index (χ2n) is 6.35. The van der Waals surface area contributed by atoms with Crippen molar-refractivity contribution in [2.24, 2.45) is 0 Å². The SMILES string of the molecule is COc1ccccc1N1CCN(CCCc2cccc(N)c2)CC1. The van der Waals surface area contributed by atoms with Gasteiger partial charge >= 0.3 is 0 Å². The van der Waals surface area contributed by atoms with Crippen molar-refractivity contribution in [1.29, 1.82) is 0 Å². The van der Waals surface area contributed by atoms with Crippen LogP contribution in [-0.2, 0) is 6.42 Å². The Kier molecular flexibility index (Phi) is 5.59. The number of benzene rings is 2. The van der Waals surface area contributed by atoms with E-state index in [0.717, 1.165) is 50.6 Å². The van der Waals surface area contributed by atoms with Crippen LogP contribution >= 0.6 is 0 Å². The van der Waals surface area contributed by atoms with Crippen molar-refractivity contribution in [2.45, 2.75) is 12.8 Å². The van der Waals surface area contributed by atoms with Gasteiger partial charge in [0, 0.05) is 31.9 Å². The Morgan fingerprint density at radius 2 is 1.79 bits per heavy atom. The predicted octanol–water partition coefficient (Wildman–Crippen LogP) is 3.03. The predicted molar refractivity (Wildman–Crippen MR) is 101 cm³/mol. The van der Waals surface area contributed by atoms with Crippen LogP contribution in [-0.4, -0.2) is 44.7 Å². The van der Waals surface area contributed by atoms with Crippen molar-refractivity contribution < 1.29 is 4.74 Å². The minimum atomic E-state index is 0.859. The summed E-state index contributed by atoms with van der Waals surface area (Å²) in [7, 11) is 1.74. The first-order chi connectivity index (χ1) is 11.8. The van der Waals surface area contributed by atoms with Crippen LogP contribution < -0.4 is 15.4 Å². The first-order valence-corrected chi connectivity index (χ1v) is 8.71. The molecule has 3 rings (SSSR count). The molecule has 1 fully saturated rings. The summed E-state index contributed by atoms with van der Waals surface area (Å²) in [5.74, 6) is 0.965. The maximum Gasteiger partial charge on any atom is 0.142 e.